The van der Waals surface area contributed by atoms with Crippen molar-refractivity contribution >= 4 is 28.7 Å². The van der Waals surface area contributed by atoms with Crippen LogP contribution in [-0.4, -0.2) is 15.0 Å². The number of aryl methyl sites for hydroxylation is 2. The number of aromatic nitrogens is 1. The van der Waals surface area contributed by atoms with Gasteiger partial charge < -0.3 is 14.6 Å². The van der Waals surface area contributed by atoms with Crippen LogP contribution in [0.4, 0.5) is 11.4 Å². The summed E-state index contributed by atoms with van der Waals surface area (Å²) in [5.74, 6) is 1.35. The van der Waals surface area contributed by atoms with Gasteiger partial charge in [-0.05, 0) is 85.7 Å². The number of hydrogen-bond donors (Lipinski definition) is 1. The van der Waals surface area contributed by atoms with Crippen molar-refractivity contribution in [2.24, 2.45) is 0 Å². The molecule has 3 heterocycles. The second-order valence-corrected chi connectivity index (χ2v) is 8.74. The number of thiocarbonyl (C=S) groups is 1. The van der Waals surface area contributed by atoms with Crippen molar-refractivity contribution < 1.29 is 9.34 Å². The van der Waals surface area contributed by atoms with Crippen LogP contribution in [0.1, 0.15) is 34.7 Å². The maximum atomic E-state index is 11.0. The van der Waals surface area contributed by atoms with E-state index in [-0.39, 0.29) is 17.8 Å². The van der Waals surface area contributed by atoms with Gasteiger partial charge in [0.25, 0.3) is 5.69 Å². The maximum Gasteiger partial charge on any atom is 0.269 e. The zero-order valence-corrected chi connectivity index (χ0v) is 19.5. The summed E-state index contributed by atoms with van der Waals surface area (Å²) < 4.78 is 6.33. The molecule has 1 saturated heterocycles. The third-order valence-corrected chi connectivity index (χ3v) is 6.18. The van der Waals surface area contributed by atoms with E-state index in [0.29, 0.717) is 10.9 Å². The molecule has 0 unspecified atom stereocenters. The first-order valence-electron chi connectivity index (χ1n) is 10.8. The summed E-state index contributed by atoms with van der Waals surface area (Å²) in [6.07, 6.45) is 1.76. The lowest BCUT2D eigenvalue weighted by molar-refractivity contribution is -0.384. The van der Waals surface area contributed by atoms with E-state index in [1.54, 1.807) is 18.3 Å². The van der Waals surface area contributed by atoms with Gasteiger partial charge in [0, 0.05) is 29.6 Å². The summed E-state index contributed by atoms with van der Waals surface area (Å²) in [4.78, 5) is 17.2. The number of nitro groups is 1. The Kier molecular flexibility index (Phi) is 5.59. The van der Waals surface area contributed by atoms with Crippen LogP contribution in [0.2, 0.25) is 0 Å². The van der Waals surface area contributed by atoms with Crippen molar-refractivity contribution in [3.05, 3.63) is 112 Å². The first kappa shape index (κ1) is 21.8. The highest BCUT2D eigenvalue weighted by Gasteiger charge is 2.42. The topological polar surface area (TPSA) is 84.4 Å². The van der Waals surface area contributed by atoms with Crippen LogP contribution in [0.5, 0.6) is 0 Å². The van der Waals surface area contributed by atoms with Crippen LogP contribution in [0, 0.1) is 24.0 Å². The Labute approximate surface area is 202 Å². The number of hydrogen-bond acceptors (Lipinski definition) is 5. The van der Waals surface area contributed by atoms with Gasteiger partial charge in [0.05, 0.1) is 16.7 Å². The van der Waals surface area contributed by atoms with E-state index in [0.717, 1.165) is 33.8 Å². The molecule has 2 aromatic carbocycles. The quantitative estimate of drug-likeness (QED) is 0.216. The summed E-state index contributed by atoms with van der Waals surface area (Å²) in [5, 5.41) is 15.0. The molecule has 2 atom stereocenters. The highest BCUT2D eigenvalue weighted by molar-refractivity contribution is 7.80. The monoisotopic (exact) mass is 470 g/mol. The largest absolute Gasteiger partial charge is 0.459 e. The minimum atomic E-state index is -0.415. The van der Waals surface area contributed by atoms with Gasteiger partial charge in [-0.15, -0.1) is 0 Å². The Hall–Kier alpha value is -4.04. The fourth-order valence-electron chi connectivity index (χ4n) is 4.43. The van der Waals surface area contributed by atoms with Crippen molar-refractivity contribution in [3.8, 4) is 11.3 Å². The number of furan rings is 1. The molecule has 4 aromatic rings. The van der Waals surface area contributed by atoms with Crippen molar-refractivity contribution in [2.75, 3.05) is 4.90 Å². The molecule has 0 saturated carbocycles. The Morgan fingerprint density at radius 2 is 1.76 bits per heavy atom. The fourth-order valence-corrected chi connectivity index (χ4v) is 4.77. The molecular weight excluding hydrogens is 448 g/mol. The number of non-ortho nitro benzene ring substituents is 1. The Balaban J connectivity index is 1.58. The average molecular weight is 471 g/mol. The van der Waals surface area contributed by atoms with E-state index < -0.39 is 4.92 Å². The molecule has 1 aliphatic heterocycles. The SMILES string of the molecule is Cc1cc(C)cc(N2C(=S)N[C@H](c3ccccn3)[C@@H]2c2ccc(-c3ccc([N+](=O)[O-])cc3)o2)c1. The third kappa shape index (κ3) is 4.04. The first-order chi connectivity index (χ1) is 16.4. The lowest BCUT2D eigenvalue weighted by Crippen LogP contribution is -2.29. The van der Waals surface area contributed by atoms with Crippen LogP contribution in [0.25, 0.3) is 11.3 Å². The summed E-state index contributed by atoms with van der Waals surface area (Å²) in [5.41, 5.74) is 4.92. The lowest BCUT2D eigenvalue weighted by Gasteiger charge is -2.26. The molecule has 1 N–H and O–H groups in total. The van der Waals surface area contributed by atoms with Gasteiger partial charge in [-0.2, -0.15) is 0 Å². The lowest BCUT2D eigenvalue weighted by atomic mass is 10.0. The fraction of sp³-hybridized carbons (Fsp3) is 0.154. The van der Waals surface area contributed by atoms with Crippen LogP contribution < -0.4 is 10.2 Å². The van der Waals surface area contributed by atoms with Gasteiger partial charge in [-0.3, -0.25) is 15.1 Å². The smallest absolute Gasteiger partial charge is 0.269 e. The summed E-state index contributed by atoms with van der Waals surface area (Å²) >= 11 is 5.78. The molecule has 0 spiro atoms. The molecule has 0 bridgehead atoms. The number of nitro benzene ring substituents is 1. The van der Waals surface area contributed by atoms with E-state index in [4.69, 9.17) is 16.6 Å². The third-order valence-electron chi connectivity index (χ3n) is 5.86. The van der Waals surface area contributed by atoms with E-state index >= 15 is 0 Å². The number of anilines is 1. The van der Waals surface area contributed by atoms with E-state index in [9.17, 15) is 10.1 Å². The Morgan fingerprint density at radius 3 is 2.41 bits per heavy atom. The van der Waals surface area contributed by atoms with Crippen LogP contribution in [-0.2, 0) is 0 Å². The molecule has 34 heavy (non-hydrogen) atoms. The molecule has 2 aromatic heterocycles. The van der Waals surface area contributed by atoms with Gasteiger partial charge in [-0.25, -0.2) is 0 Å². The highest BCUT2D eigenvalue weighted by Crippen LogP contribution is 2.43. The minimum Gasteiger partial charge on any atom is -0.459 e. The van der Waals surface area contributed by atoms with Gasteiger partial charge in [0.2, 0.25) is 0 Å². The van der Waals surface area contributed by atoms with Crippen molar-refractivity contribution in [1.82, 2.24) is 10.3 Å². The Morgan fingerprint density at radius 1 is 1.03 bits per heavy atom. The maximum absolute atomic E-state index is 11.0. The molecule has 7 nitrogen and oxygen atoms in total. The van der Waals surface area contributed by atoms with Crippen molar-refractivity contribution in [3.63, 3.8) is 0 Å². The van der Waals surface area contributed by atoms with Crippen molar-refractivity contribution in [2.45, 2.75) is 25.9 Å². The molecule has 5 rings (SSSR count). The zero-order valence-electron chi connectivity index (χ0n) is 18.6. The van der Waals surface area contributed by atoms with Crippen LogP contribution >= 0.6 is 12.2 Å². The molecule has 1 aliphatic rings. The number of benzene rings is 2. The number of nitrogens with one attached hydrogen (secondary N) is 1. The van der Waals surface area contributed by atoms with E-state index in [1.807, 2.05) is 30.3 Å². The Bertz CT molecular complexity index is 1350. The number of rotatable bonds is 5. The summed E-state index contributed by atoms with van der Waals surface area (Å²) in [6, 6.07) is 21.8. The second kappa shape index (κ2) is 8.72. The van der Waals surface area contributed by atoms with Crippen molar-refractivity contribution in [1.29, 1.82) is 0 Å². The minimum absolute atomic E-state index is 0.0390. The first-order valence-corrected chi connectivity index (χ1v) is 11.2. The van der Waals surface area contributed by atoms with E-state index in [1.165, 1.54) is 12.1 Å². The predicted molar refractivity (Wildman–Crippen MR) is 135 cm³/mol. The molecule has 0 aliphatic carbocycles. The number of pyridine rings is 1. The normalized spacial score (nSPS) is 17.6. The van der Waals surface area contributed by atoms with Gasteiger partial charge in [0.1, 0.15) is 17.6 Å². The number of nitrogens with zero attached hydrogens (tertiary/aromatic N) is 3. The average Bonchev–Trinajstić information content (AvgIpc) is 3.43. The van der Waals surface area contributed by atoms with Gasteiger partial charge in [0.15, 0.2) is 5.11 Å². The molecule has 170 valence electrons. The summed E-state index contributed by atoms with van der Waals surface area (Å²) in [7, 11) is 0. The van der Waals surface area contributed by atoms with Crippen LogP contribution in [0.3, 0.4) is 0 Å². The van der Waals surface area contributed by atoms with Gasteiger partial charge in [-0.1, -0.05) is 12.1 Å². The molecule has 0 amide bonds. The van der Waals surface area contributed by atoms with Crippen LogP contribution in [0.15, 0.2) is 83.4 Å². The molecule has 8 heteroatoms. The second-order valence-electron chi connectivity index (χ2n) is 8.35. The highest BCUT2D eigenvalue weighted by atomic mass is 32.1. The van der Waals surface area contributed by atoms with Gasteiger partial charge >= 0.3 is 0 Å². The van der Waals surface area contributed by atoms with E-state index in [2.05, 4.69) is 47.2 Å². The predicted octanol–water partition coefficient (Wildman–Crippen LogP) is 6.04. The zero-order chi connectivity index (χ0) is 23.8. The molecule has 0 radical (unpaired) electrons. The molecular formula is C26H22N4O3S. The molecule has 1 fully saturated rings. The standard InChI is InChI=1S/C26H22N4O3S/c1-16-13-17(2)15-20(14-16)29-25(24(28-26(29)34)21-5-3-4-12-27-21)23-11-10-22(33-23)18-6-8-19(9-7-18)30(31)32/h3-15,24-25H,1-2H3,(H,28,34)/t24-,25+/m1/s1. The summed E-state index contributed by atoms with van der Waals surface area (Å²) in [6.45, 7) is 4.13.